The van der Waals surface area contributed by atoms with Crippen LogP contribution in [0.1, 0.15) is 86.5 Å². The average molecular weight is 740 g/mol. The summed E-state index contributed by atoms with van der Waals surface area (Å²) in [6.07, 6.45) is -1.99. The number of nitrogens with zero attached hydrogens (tertiary/aromatic N) is 1. The highest BCUT2D eigenvalue weighted by Gasteiger charge is 2.51. The molecule has 0 saturated heterocycles. The van der Waals surface area contributed by atoms with Crippen LogP contribution >= 0.6 is 0 Å². The van der Waals surface area contributed by atoms with Crippen molar-refractivity contribution in [1.82, 2.24) is 15.5 Å². The van der Waals surface area contributed by atoms with Gasteiger partial charge in [0.2, 0.25) is 11.8 Å². The molecule has 4 aliphatic rings. The van der Waals surface area contributed by atoms with Crippen LogP contribution in [-0.2, 0) is 34.9 Å². The van der Waals surface area contributed by atoms with Crippen molar-refractivity contribution < 1.29 is 41.0 Å². The van der Waals surface area contributed by atoms with Gasteiger partial charge in [-0.25, -0.2) is 0 Å². The molecule has 0 aromatic heterocycles. The van der Waals surface area contributed by atoms with Gasteiger partial charge in [-0.1, -0.05) is 36.8 Å². The fourth-order valence-electron chi connectivity index (χ4n) is 9.20. The number of hydrogen-bond donors (Lipinski definition) is 5. The minimum Gasteiger partial charge on any atom is -0.378 e. The van der Waals surface area contributed by atoms with Gasteiger partial charge >= 0.3 is 12.4 Å². The molecule has 14 heteroatoms. The van der Waals surface area contributed by atoms with Crippen molar-refractivity contribution in [1.29, 1.82) is 0 Å². The van der Waals surface area contributed by atoms with Gasteiger partial charge < -0.3 is 27.2 Å². The standard InChI is InChI=1S/C38H51F6N5O3/c39-37(40,41)29-13-28(14-30(16-29)38(42,43)44)21-47-33(50)23-49(34(51)20-36-17-25-10-26(18-36)12-27(11-25)19-36)22-31(15-24-6-2-1-3-7-24)48-35(52)32(46)8-4-5-9-45/h1-3,6-7,13-14,16,25-27,31-32,34,51H,4-5,8-12,15,17-23,45-46H2,(H,47,50)(H,48,52)/t25?,26?,27?,31-,32-,34?,36?/m0/s1. The van der Waals surface area contributed by atoms with Crippen molar-refractivity contribution in [2.75, 3.05) is 19.6 Å². The van der Waals surface area contributed by atoms with Crippen LogP contribution in [0.5, 0.6) is 0 Å². The van der Waals surface area contributed by atoms with Gasteiger partial charge in [-0.3, -0.25) is 14.5 Å². The van der Waals surface area contributed by atoms with Crippen molar-refractivity contribution in [3.05, 3.63) is 70.8 Å². The number of nitrogens with two attached hydrogens (primary N) is 2. The maximum absolute atomic E-state index is 13.5. The summed E-state index contributed by atoms with van der Waals surface area (Å²) in [4.78, 5) is 28.3. The van der Waals surface area contributed by atoms with Gasteiger partial charge in [0.05, 0.1) is 23.7 Å². The third-order valence-corrected chi connectivity index (χ3v) is 11.1. The first-order chi connectivity index (χ1) is 24.5. The fourth-order valence-corrected chi connectivity index (χ4v) is 9.20. The number of unbranched alkanes of at least 4 members (excludes halogenated alkanes) is 1. The quantitative estimate of drug-likeness (QED) is 0.0798. The third kappa shape index (κ3) is 10.9. The van der Waals surface area contributed by atoms with Crippen molar-refractivity contribution in [3.8, 4) is 0 Å². The summed E-state index contributed by atoms with van der Waals surface area (Å²) in [5.41, 5.74) is 9.31. The molecule has 4 aliphatic carbocycles. The maximum atomic E-state index is 13.5. The van der Waals surface area contributed by atoms with Crippen LogP contribution in [0.3, 0.4) is 0 Å². The number of aliphatic hydroxyl groups is 1. The minimum atomic E-state index is -5.02. The minimum absolute atomic E-state index is 0.0406. The van der Waals surface area contributed by atoms with E-state index in [0.717, 1.165) is 24.8 Å². The van der Waals surface area contributed by atoms with E-state index in [1.807, 2.05) is 30.3 Å². The number of amides is 2. The average Bonchev–Trinajstić information content (AvgIpc) is 3.05. The van der Waals surface area contributed by atoms with Crippen LogP contribution in [0.4, 0.5) is 26.3 Å². The number of hydrogen-bond acceptors (Lipinski definition) is 6. The van der Waals surface area contributed by atoms with Crippen LogP contribution in [0.25, 0.3) is 0 Å². The normalized spacial score (nSPS) is 24.5. The molecule has 0 heterocycles. The van der Waals surface area contributed by atoms with Crippen LogP contribution in [0.15, 0.2) is 48.5 Å². The Balaban J connectivity index is 1.35. The molecule has 2 amide bonds. The zero-order chi connectivity index (χ0) is 37.7. The Labute approximate surface area is 301 Å². The van der Waals surface area contributed by atoms with Crippen molar-refractivity contribution in [3.63, 3.8) is 0 Å². The van der Waals surface area contributed by atoms with Gasteiger partial charge in [0.15, 0.2) is 0 Å². The Morgan fingerprint density at radius 1 is 0.885 bits per heavy atom. The Morgan fingerprint density at radius 3 is 2.00 bits per heavy atom. The molecule has 288 valence electrons. The van der Waals surface area contributed by atoms with Gasteiger partial charge in [0, 0.05) is 19.1 Å². The summed E-state index contributed by atoms with van der Waals surface area (Å²) < 4.78 is 80.8. The van der Waals surface area contributed by atoms with E-state index in [1.165, 1.54) is 19.3 Å². The molecular formula is C38H51F6N5O3. The molecule has 2 aromatic rings. The van der Waals surface area contributed by atoms with Crippen LogP contribution < -0.4 is 22.1 Å². The molecule has 1 unspecified atom stereocenters. The zero-order valence-corrected chi connectivity index (χ0v) is 29.3. The van der Waals surface area contributed by atoms with Crippen LogP contribution in [0, 0.1) is 23.2 Å². The number of carbonyl (C=O) groups excluding carboxylic acids is 2. The lowest BCUT2D eigenvalue weighted by atomic mass is 9.48. The lowest BCUT2D eigenvalue weighted by Gasteiger charge is -2.57. The largest absolute Gasteiger partial charge is 0.416 e. The number of halogens is 6. The second-order valence-corrected chi connectivity index (χ2v) is 15.5. The number of rotatable bonds is 17. The molecule has 0 spiro atoms. The Hall–Kier alpha value is -3.20. The predicted molar refractivity (Wildman–Crippen MR) is 184 cm³/mol. The zero-order valence-electron chi connectivity index (χ0n) is 29.3. The molecule has 2 aromatic carbocycles. The summed E-state index contributed by atoms with van der Waals surface area (Å²) in [5, 5.41) is 17.4. The Morgan fingerprint density at radius 2 is 1.46 bits per heavy atom. The molecule has 6 rings (SSSR count). The SMILES string of the molecule is NCCCC[C@H](N)C(=O)N[C@@H](Cc1ccccc1)CN(CC(=O)NCc1cc(C(F)(F)F)cc(C(F)(F)F)c1)C(O)CC12CC3CC(CC(C3)C1)C2. The van der Waals surface area contributed by atoms with E-state index in [-0.39, 0.29) is 29.5 Å². The summed E-state index contributed by atoms with van der Waals surface area (Å²) >= 11 is 0. The summed E-state index contributed by atoms with van der Waals surface area (Å²) in [7, 11) is 0. The second-order valence-electron chi connectivity index (χ2n) is 15.5. The Bertz CT molecular complexity index is 1440. The van der Waals surface area contributed by atoms with E-state index >= 15 is 0 Å². The molecule has 3 atom stereocenters. The highest BCUT2D eigenvalue weighted by atomic mass is 19.4. The summed E-state index contributed by atoms with van der Waals surface area (Å²) in [6, 6.07) is 9.18. The number of benzene rings is 2. The fraction of sp³-hybridized carbons (Fsp3) is 0.632. The van der Waals surface area contributed by atoms with E-state index in [1.54, 1.807) is 4.90 Å². The van der Waals surface area contributed by atoms with Crippen LogP contribution in [0.2, 0.25) is 0 Å². The maximum Gasteiger partial charge on any atom is 0.416 e. The van der Waals surface area contributed by atoms with E-state index < -0.39 is 60.8 Å². The lowest BCUT2D eigenvalue weighted by molar-refractivity contribution is -0.143. The summed E-state index contributed by atoms with van der Waals surface area (Å²) in [5.74, 6) is 0.738. The first kappa shape index (κ1) is 40.0. The topological polar surface area (TPSA) is 134 Å². The highest BCUT2D eigenvalue weighted by molar-refractivity contribution is 5.81. The lowest BCUT2D eigenvalue weighted by Crippen LogP contribution is -2.55. The second kappa shape index (κ2) is 16.9. The van der Waals surface area contributed by atoms with E-state index in [4.69, 9.17) is 11.5 Å². The van der Waals surface area contributed by atoms with Gasteiger partial charge in [-0.2, -0.15) is 26.3 Å². The number of alkyl halides is 6. The van der Waals surface area contributed by atoms with E-state index in [2.05, 4.69) is 10.6 Å². The van der Waals surface area contributed by atoms with Crippen molar-refractivity contribution in [2.45, 2.75) is 108 Å². The smallest absolute Gasteiger partial charge is 0.378 e. The molecule has 4 bridgehead atoms. The van der Waals surface area contributed by atoms with Gasteiger partial charge in [0.25, 0.3) is 0 Å². The summed E-state index contributed by atoms with van der Waals surface area (Å²) in [6.45, 7) is -0.478. The molecular weight excluding hydrogens is 688 g/mol. The molecule has 52 heavy (non-hydrogen) atoms. The molecule has 4 fully saturated rings. The molecule has 0 radical (unpaired) electrons. The molecule has 0 aliphatic heterocycles. The molecule has 4 saturated carbocycles. The van der Waals surface area contributed by atoms with Gasteiger partial charge in [-0.15, -0.1) is 0 Å². The Kier molecular flexibility index (Phi) is 13.0. The van der Waals surface area contributed by atoms with Crippen LogP contribution in [-0.4, -0.2) is 59.8 Å². The van der Waals surface area contributed by atoms with E-state index in [0.29, 0.717) is 68.5 Å². The monoisotopic (exact) mass is 739 g/mol. The number of carbonyl (C=O) groups is 2. The predicted octanol–water partition coefficient (Wildman–Crippen LogP) is 5.75. The van der Waals surface area contributed by atoms with Crippen molar-refractivity contribution in [2.24, 2.45) is 34.6 Å². The van der Waals surface area contributed by atoms with Gasteiger partial charge in [-0.05, 0) is 123 Å². The third-order valence-electron chi connectivity index (χ3n) is 11.1. The molecule has 7 N–H and O–H groups in total. The van der Waals surface area contributed by atoms with Gasteiger partial charge in [0.1, 0.15) is 6.23 Å². The first-order valence-corrected chi connectivity index (χ1v) is 18.3. The van der Waals surface area contributed by atoms with Crippen molar-refractivity contribution >= 4 is 11.8 Å². The number of aliphatic hydroxyl groups excluding tert-OH is 1. The van der Waals surface area contributed by atoms with E-state index in [9.17, 15) is 41.0 Å². The first-order valence-electron chi connectivity index (χ1n) is 18.3. The number of nitrogens with one attached hydrogen (secondary N) is 2. The molecule has 8 nitrogen and oxygen atoms in total. The highest BCUT2D eigenvalue weighted by Crippen LogP contribution is 2.61.